The van der Waals surface area contributed by atoms with E-state index in [1.807, 2.05) is 6.92 Å². The van der Waals surface area contributed by atoms with Gasteiger partial charge in [0.1, 0.15) is 5.69 Å². The van der Waals surface area contributed by atoms with E-state index in [9.17, 15) is 4.79 Å². The van der Waals surface area contributed by atoms with E-state index in [0.29, 0.717) is 18.7 Å². The number of carbonyl (C=O) groups excluding carboxylic acids is 1. The number of rotatable bonds is 5. The van der Waals surface area contributed by atoms with Crippen LogP contribution in [0.1, 0.15) is 45.2 Å². The largest absolute Gasteiger partial charge is 0.344 e. The van der Waals surface area contributed by atoms with Crippen molar-refractivity contribution in [3.8, 4) is 0 Å². The molecule has 0 radical (unpaired) electrons. The van der Waals surface area contributed by atoms with Gasteiger partial charge in [-0.15, -0.1) is 11.3 Å². The molecule has 0 spiro atoms. The second-order valence-electron chi connectivity index (χ2n) is 5.22. The van der Waals surface area contributed by atoms with Crippen molar-refractivity contribution in [2.24, 2.45) is 5.73 Å². The first-order chi connectivity index (χ1) is 10.0. The minimum Gasteiger partial charge on any atom is -0.344 e. The Morgan fingerprint density at radius 1 is 1.43 bits per heavy atom. The van der Waals surface area contributed by atoms with Crippen LogP contribution >= 0.6 is 11.3 Å². The first kappa shape index (κ1) is 15.7. The Balaban J connectivity index is 2.09. The van der Waals surface area contributed by atoms with Crippen LogP contribution < -0.4 is 11.1 Å². The Kier molecular flexibility index (Phi) is 5.09. The standard InChI is InChI=1S/C16H21N3OS/c1-10-4-5-11(2)13(8-10)12(3)18-16(20)14-9-21-15(19-14)6-7-17/h4-5,8-9,12H,6-7,17H2,1-3H3,(H,18,20). The normalized spacial score (nSPS) is 12.2. The number of benzene rings is 1. The zero-order valence-corrected chi connectivity index (χ0v) is 13.5. The maximum absolute atomic E-state index is 12.2. The molecule has 1 amide bonds. The lowest BCUT2D eigenvalue weighted by Gasteiger charge is -2.16. The second kappa shape index (κ2) is 6.83. The molecule has 0 aliphatic carbocycles. The molecule has 2 aromatic rings. The number of nitrogens with two attached hydrogens (primary N) is 1. The SMILES string of the molecule is Cc1ccc(C)c(C(C)NC(=O)c2csc(CCN)n2)c1. The summed E-state index contributed by atoms with van der Waals surface area (Å²) in [6.07, 6.45) is 0.713. The van der Waals surface area contributed by atoms with Crippen LogP contribution in [0.3, 0.4) is 0 Å². The highest BCUT2D eigenvalue weighted by atomic mass is 32.1. The van der Waals surface area contributed by atoms with Gasteiger partial charge in [0.05, 0.1) is 11.0 Å². The molecular weight excluding hydrogens is 282 g/mol. The maximum atomic E-state index is 12.2. The van der Waals surface area contributed by atoms with Crippen LogP contribution in [0, 0.1) is 13.8 Å². The number of aromatic nitrogens is 1. The molecule has 0 aliphatic heterocycles. The van der Waals surface area contributed by atoms with E-state index in [1.165, 1.54) is 22.5 Å². The van der Waals surface area contributed by atoms with Gasteiger partial charge in [0, 0.05) is 11.8 Å². The first-order valence-corrected chi connectivity index (χ1v) is 7.91. The lowest BCUT2D eigenvalue weighted by atomic mass is 10.00. The molecule has 5 heteroatoms. The van der Waals surface area contributed by atoms with E-state index in [-0.39, 0.29) is 11.9 Å². The fourth-order valence-electron chi connectivity index (χ4n) is 2.23. The number of nitrogens with one attached hydrogen (secondary N) is 1. The number of hydrogen-bond donors (Lipinski definition) is 2. The van der Waals surface area contributed by atoms with E-state index in [2.05, 4.69) is 42.3 Å². The number of thiazole rings is 1. The molecule has 4 nitrogen and oxygen atoms in total. The maximum Gasteiger partial charge on any atom is 0.271 e. The van der Waals surface area contributed by atoms with Crippen LogP contribution in [0.5, 0.6) is 0 Å². The predicted molar refractivity (Wildman–Crippen MR) is 86.7 cm³/mol. The van der Waals surface area contributed by atoms with Gasteiger partial charge in [0.15, 0.2) is 0 Å². The van der Waals surface area contributed by atoms with Gasteiger partial charge >= 0.3 is 0 Å². The smallest absolute Gasteiger partial charge is 0.271 e. The summed E-state index contributed by atoms with van der Waals surface area (Å²) in [4.78, 5) is 16.6. The summed E-state index contributed by atoms with van der Waals surface area (Å²) in [5.74, 6) is -0.136. The number of carbonyl (C=O) groups is 1. The summed E-state index contributed by atoms with van der Waals surface area (Å²) < 4.78 is 0. The van der Waals surface area contributed by atoms with Crippen molar-refractivity contribution in [3.63, 3.8) is 0 Å². The van der Waals surface area contributed by atoms with Crippen molar-refractivity contribution in [2.45, 2.75) is 33.2 Å². The van der Waals surface area contributed by atoms with E-state index < -0.39 is 0 Å². The summed E-state index contributed by atoms with van der Waals surface area (Å²) in [7, 11) is 0. The monoisotopic (exact) mass is 303 g/mol. The molecule has 112 valence electrons. The third-order valence-electron chi connectivity index (χ3n) is 3.39. The van der Waals surface area contributed by atoms with Crippen LogP contribution in [-0.4, -0.2) is 17.4 Å². The molecule has 2 rings (SSSR count). The average molecular weight is 303 g/mol. The Labute approximate surface area is 129 Å². The van der Waals surface area contributed by atoms with E-state index in [0.717, 1.165) is 10.6 Å². The third kappa shape index (κ3) is 3.89. The molecule has 1 aromatic heterocycles. The topological polar surface area (TPSA) is 68.0 Å². The first-order valence-electron chi connectivity index (χ1n) is 7.03. The van der Waals surface area contributed by atoms with Gasteiger partial charge in [-0.25, -0.2) is 4.98 Å². The van der Waals surface area contributed by atoms with Crippen LogP contribution in [0.4, 0.5) is 0 Å². The van der Waals surface area contributed by atoms with Crippen molar-refractivity contribution in [1.29, 1.82) is 0 Å². The molecular formula is C16H21N3OS. The number of aryl methyl sites for hydroxylation is 2. The van der Waals surface area contributed by atoms with Gasteiger partial charge in [0.25, 0.3) is 5.91 Å². The Morgan fingerprint density at radius 2 is 2.19 bits per heavy atom. The van der Waals surface area contributed by atoms with Crippen LogP contribution in [-0.2, 0) is 6.42 Å². The van der Waals surface area contributed by atoms with Crippen molar-refractivity contribution >= 4 is 17.2 Å². The summed E-state index contributed by atoms with van der Waals surface area (Å²) in [5, 5.41) is 5.70. The molecule has 1 heterocycles. The van der Waals surface area contributed by atoms with Crippen molar-refractivity contribution in [1.82, 2.24) is 10.3 Å². The fourth-order valence-corrected chi connectivity index (χ4v) is 3.02. The second-order valence-corrected chi connectivity index (χ2v) is 6.16. The summed E-state index contributed by atoms with van der Waals surface area (Å²) in [6.45, 7) is 6.65. The minimum absolute atomic E-state index is 0.0444. The van der Waals surface area contributed by atoms with E-state index in [1.54, 1.807) is 5.38 Å². The van der Waals surface area contributed by atoms with Crippen LogP contribution in [0.2, 0.25) is 0 Å². The molecule has 21 heavy (non-hydrogen) atoms. The minimum atomic E-state index is -0.136. The Morgan fingerprint density at radius 3 is 2.90 bits per heavy atom. The highest BCUT2D eigenvalue weighted by molar-refractivity contribution is 7.09. The highest BCUT2D eigenvalue weighted by Crippen LogP contribution is 2.19. The zero-order valence-electron chi connectivity index (χ0n) is 12.6. The van der Waals surface area contributed by atoms with Gasteiger partial charge in [-0.3, -0.25) is 4.79 Å². The molecule has 1 unspecified atom stereocenters. The van der Waals surface area contributed by atoms with Crippen molar-refractivity contribution in [2.75, 3.05) is 6.54 Å². The number of amides is 1. The van der Waals surface area contributed by atoms with Crippen molar-refractivity contribution in [3.05, 3.63) is 51.0 Å². The van der Waals surface area contributed by atoms with Crippen LogP contribution in [0.25, 0.3) is 0 Å². The number of nitrogens with zero attached hydrogens (tertiary/aromatic N) is 1. The molecule has 0 saturated heterocycles. The molecule has 0 fully saturated rings. The van der Waals surface area contributed by atoms with Crippen molar-refractivity contribution < 1.29 is 4.79 Å². The summed E-state index contributed by atoms with van der Waals surface area (Å²) >= 11 is 1.48. The Hall–Kier alpha value is -1.72. The Bertz CT molecular complexity index is 636. The fraction of sp³-hybridized carbons (Fsp3) is 0.375. The van der Waals surface area contributed by atoms with Gasteiger partial charge in [-0.05, 0) is 38.4 Å². The van der Waals surface area contributed by atoms with E-state index in [4.69, 9.17) is 5.73 Å². The lowest BCUT2D eigenvalue weighted by Crippen LogP contribution is -2.27. The summed E-state index contributed by atoms with van der Waals surface area (Å²) in [5.41, 5.74) is 9.48. The number of hydrogen-bond acceptors (Lipinski definition) is 4. The van der Waals surface area contributed by atoms with Gasteiger partial charge in [0.2, 0.25) is 0 Å². The average Bonchev–Trinajstić information content (AvgIpc) is 2.90. The van der Waals surface area contributed by atoms with E-state index >= 15 is 0 Å². The van der Waals surface area contributed by atoms with Gasteiger partial charge in [-0.2, -0.15) is 0 Å². The molecule has 0 bridgehead atoms. The van der Waals surface area contributed by atoms with Gasteiger partial charge in [-0.1, -0.05) is 23.8 Å². The van der Waals surface area contributed by atoms with Gasteiger partial charge < -0.3 is 11.1 Å². The van der Waals surface area contributed by atoms with Crippen LogP contribution in [0.15, 0.2) is 23.6 Å². The highest BCUT2D eigenvalue weighted by Gasteiger charge is 2.15. The predicted octanol–water partition coefficient (Wildman–Crippen LogP) is 2.75. The zero-order chi connectivity index (χ0) is 15.4. The third-order valence-corrected chi connectivity index (χ3v) is 4.30. The molecule has 0 aliphatic rings. The molecule has 1 aromatic carbocycles. The lowest BCUT2D eigenvalue weighted by molar-refractivity contribution is 0.0935. The molecule has 0 saturated carbocycles. The quantitative estimate of drug-likeness (QED) is 0.892. The molecule has 1 atom stereocenters. The summed E-state index contributed by atoms with van der Waals surface area (Å²) in [6, 6.07) is 6.22. The molecule has 3 N–H and O–H groups in total.